The van der Waals surface area contributed by atoms with Crippen molar-refractivity contribution in [2.45, 2.75) is 52.2 Å². The van der Waals surface area contributed by atoms with E-state index in [2.05, 4.69) is 5.32 Å². The molecule has 1 atom stereocenters. The predicted molar refractivity (Wildman–Crippen MR) is 131 cm³/mol. The molecule has 0 heterocycles. The Morgan fingerprint density at radius 2 is 1.69 bits per heavy atom. The molecule has 2 aromatic carbocycles. The van der Waals surface area contributed by atoms with Gasteiger partial charge in [-0.25, -0.2) is 0 Å². The molecule has 0 saturated carbocycles. The van der Waals surface area contributed by atoms with Crippen LogP contribution in [0.15, 0.2) is 36.4 Å². The molecule has 0 saturated heterocycles. The summed E-state index contributed by atoms with van der Waals surface area (Å²) in [7, 11) is 0. The summed E-state index contributed by atoms with van der Waals surface area (Å²) in [4.78, 5) is 27.7. The summed E-state index contributed by atoms with van der Waals surface area (Å²) in [5.41, 5.74) is 0.287. The molecule has 0 aliphatic carbocycles. The van der Waals surface area contributed by atoms with E-state index in [4.69, 9.17) is 51.1 Å². The van der Waals surface area contributed by atoms with Crippen molar-refractivity contribution in [3.05, 3.63) is 62.1 Å². The van der Waals surface area contributed by atoms with E-state index in [-0.39, 0.29) is 25.0 Å². The quantitative estimate of drug-likeness (QED) is 0.438. The van der Waals surface area contributed by atoms with Crippen LogP contribution in [0.3, 0.4) is 0 Å². The Labute approximate surface area is 208 Å². The zero-order valence-corrected chi connectivity index (χ0v) is 21.4. The van der Waals surface area contributed by atoms with Gasteiger partial charge in [-0.1, -0.05) is 59.4 Å². The minimum absolute atomic E-state index is 0.156. The van der Waals surface area contributed by atoms with Crippen molar-refractivity contribution >= 4 is 58.2 Å². The number of ether oxygens (including phenoxy) is 1. The van der Waals surface area contributed by atoms with Crippen molar-refractivity contribution in [1.82, 2.24) is 10.2 Å². The second-order valence-electron chi connectivity index (χ2n) is 8.30. The molecule has 0 radical (unpaired) electrons. The number of benzene rings is 2. The molecule has 2 rings (SSSR count). The second-order valence-corrected chi connectivity index (χ2v) is 9.95. The maximum Gasteiger partial charge on any atom is 0.261 e. The molecule has 1 N–H and O–H groups in total. The first-order valence-electron chi connectivity index (χ1n) is 10.0. The number of halogens is 4. The van der Waals surface area contributed by atoms with Gasteiger partial charge < -0.3 is 15.0 Å². The lowest BCUT2D eigenvalue weighted by molar-refractivity contribution is -0.143. The minimum Gasteiger partial charge on any atom is -0.482 e. The van der Waals surface area contributed by atoms with Crippen LogP contribution in [-0.2, 0) is 16.1 Å². The molecule has 0 bridgehead atoms. The van der Waals surface area contributed by atoms with Crippen molar-refractivity contribution < 1.29 is 14.3 Å². The number of amides is 2. The average Bonchev–Trinajstić information content (AvgIpc) is 2.68. The van der Waals surface area contributed by atoms with Crippen molar-refractivity contribution in [3.8, 4) is 5.75 Å². The third-order valence-electron chi connectivity index (χ3n) is 4.47. The molecule has 9 heteroatoms. The molecular formula is C23H26Cl4N2O3. The van der Waals surface area contributed by atoms with Gasteiger partial charge in [0.25, 0.3) is 5.91 Å². The smallest absolute Gasteiger partial charge is 0.261 e. The summed E-state index contributed by atoms with van der Waals surface area (Å²) in [5.74, 6) is -0.304. The van der Waals surface area contributed by atoms with Gasteiger partial charge in [0.2, 0.25) is 5.91 Å². The van der Waals surface area contributed by atoms with E-state index >= 15 is 0 Å². The first-order chi connectivity index (χ1) is 14.9. The van der Waals surface area contributed by atoms with Crippen LogP contribution in [0.25, 0.3) is 0 Å². The fourth-order valence-electron chi connectivity index (χ4n) is 3.02. The largest absolute Gasteiger partial charge is 0.482 e. The molecule has 2 amide bonds. The second kappa shape index (κ2) is 11.5. The first kappa shape index (κ1) is 26.6. The van der Waals surface area contributed by atoms with Crippen LogP contribution in [0.1, 0.15) is 39.7 Å². The zero-order valence-electron chi connectivity index (χ0n) is 18.3. The van der Waals surface area contributed by atoms with Crippen molar-refractivity contribution in [3.63, 3.8) is 0 Å². The van der Waals surface area contributed by atoms with Crippen LogP contribution >= 0.6 is 46.4 Å². The number of carbonyl (C=O) groups excluding carboxylic acids is 2. The monoisotopic (exact) mass is 518 g/mol. The molecular weight excluding hydrogens is 494 g/mol. The van der Waals surface area contributed by atoms with Gasteiger partial charge >= 0.3 is 0 Å². The summed E-state index contributed by atoms with van der Waals surface area (Å²) < 4.78 is 5.63. The summed E-state index contributed by atoms with van der Waals surface area (Å²) >= 11 is 24.2. The Morgan fingerprint density at radius 3 is 2.25 bits per heavy atom. The zero-order chi connectivity index (χ0) is 24.1. The van der Waals surface area contributed by atoms with Crippen LogP contribution < -0.4 is 10.1 Å². The van der Waals surface area contributed by atoms with Crippen LogP contribution in [-0.4, -0.2) is 34.9 Å². The topological polar surface area (TPSA) is 58.6 Å². The highest BCUT2D eigenvalue weighted by atomic mass is 35.5. The van der Waals surface area contributed by atoms with Crippen LogP contribution in [0.5, 0.6) is 5.75 Å². The number of carbonyl (C=O) groups is 2. The fourth-order valence-corrected chi connectivity index (χ4v) is 3.81. The molecule has 174 valence electrons. The van der Waals surface area contributed by atoms with Crippen molar-refractivity contribution in [2.75, 3.05) is 6.61 Å². The Bertz CT molecular complexity index is 976. The van der Waals surface area contributed by atoms with E-state index in [0.29, 0.717) is 32.3 Å². The van der Waals surface area contributed by atoms with Crippen LogP contribution in [0.4, 0.5) is 0 Å². The standard InChI is InChI=1S/C23H26Cl4N2O3/c1-5-19(22(31)28-23(2,3)4)29(12-14-6-8-16(25)17(26)10-14)21(30)13-32-20-9-7-15(24)11-18(20)27/h6-11,19H,5,12-13H2,1-4H3,(H,28,31)/t19-/m1/s1. The Balaban J connectivity index is 2.29. The van der Waals surface area contributed by atoms with Gasteiger partial charge in [0.15, 0.2) is 6.61 Å². The molecule has 0 spiro atoms. The van der Waals surface area contributed by atoms with Gasteiger partial charge in [-0.15, -0.1) is 0 Å². The Hall–Kier alpha value is -1.66. The highest BCUT2D eigenvalue weighted by Crippen LogP contribution is 2.28. The van der Waals surface area contributed by atoms with E-state index in [1.807, 2.05) is 27.7 Å². The molecule has 0 fully saturated rings. The Kier molecular flexibility index (Phi) is 9.53. The SMILES string of the molecule is CC[C@H](C(=O)NC(C)(C)C)N(Cc1ccc(Cl)c(Cl)c1)C(=O)COc1ccc(Cl)cc1Cl. The normalized spacial score (nSPS) is 12.2. The Morgan fingerprint density at radius 1 is 1.00 bits per heavy atom. The van der Waals surface area contributed by atoms with Crippen molar-refractivity contribution in [1.29, 1.82) is 0 Å². The predicted octanol–water partition coefficient (Wildman–Crippen LogP) is 6.40. The summed E-state index contributed by atoms with van der Waals surface area (Å²) in [6.07, 6.45) is 0.413. The first-order valence-corrected chi connectivity index (χ1v) is 11.6. The number of nitrogens with zero attached hydrogens (tertiary/aromatic N) is 1. The number of hydrogen-bond donors (Lipinski definition) is 1. The third-order valence-corrected chi connectivity index (χ3v) is 5.74. The molecule has 32 heavy (non-hydrogen) atoms. The average molecular weight is 520 g/mol. The summed E-state index contributed by atoms with van der Waals surface area (Å²) in [6.45, 7) is 7.35. The van der Waals surface area contributed by atoms with E-state index < -0.39 is 11.6 Å². The molecule has 0 aliphatic rings. The highest BCUT2D eigenvalue weighted by molar-refractivity contribution is 6.42. The molecule has 5 nitrogen and oxygen atoms in total. The van der Waals surface area contributed by atoms with Gasteiger partial charge in [0.05, 0.1) is 15.1 Å². The van der Waals surface area contributed by atoms with Gasteiger partial charge in [0, 0.05) is 17.1 Å². The summed E-state index contributed by atoms with van der Waals surface area (Å²) in [6, 6.07) is 9.12. The van der Waals surface area contributed by atoms with Crippen molar-refractivity contribution in [2.24, 2.45) is 0 Å². The maximum atomic E-state index is 13.2. The van der Waals surface area contributed by atoms with Gasteiger partial charge in [-0.05, 0) is 63.1 Å². The fraction of sp³-hybridized carbons (Fsp3) is 0.391. The van der Waals surface area contributed by atoms with Gasteiger partial charge in [-0.2, -0.15) is 0 Å². The lowest BCUT2D eigenvalue weighted by Crippen LogP contribution is -2.54. The van der Waals surface area contributed by atoms with Crippen LogP contribution in [0, 0.1) is 0 Å². The van der Waals surface area contributed by atoms with E-state index in [9.17, 15) is 9.59 Å². The molecule has 0 aliphatic heterocycles. The number of nitrogens with one attached hydrogen (secondary N) is 1. The summed E-state index contributed by atoms with van der Waals surface area (Å²) in [5, 5.41) is 4.47. The van der Waals surface area contributed by atoms with E-state index in [1.165, 1.54) is 11.0 Å². The minimum atomic E-state index is -0.708. The molecule has 0 aromatic heterocycles. The van der Waals surface area contributed by atoms with Crippen LogP contribution in [0.2, 0.25) is 20.1 Å². The maximum absolute atomic E-state index is 13.2. The van der Waals surface area contributed by atoms with E-state index in [1.54, 1.807) is 30.3 Å². The molecule has 2 aromatic rings. The molecule has 0 unspecified atom stereocenters. The lowest BCUT2D eigenvalue weighted by atomic mass is 10.1. The third kappa shape index (κ3) is 7.73. The highest BCUT2D eigenvalue weighted by Gasteiger charge is 2.31. The van der Waals surface area contributed by atoms with E-state index in [0.717, 1.165) is 5.56 Å². The van der Waals surface area contributed by atoms with Gasteiger partial charge in [-0.3, -0.25) is 9.59 Å². The number of hydrogen-bond acceptors (Lipinski definition) is 3. The number of rotatable bonds is 8. The van der Waals surface area contributed by atoms with Gasteiger partial charge in [0.1, 0.15) is 11.8 Å². The lowest BCUT2D eigenvalue weighted by Gasteiger charge is -2.33.